The zero-order valence-corrected chi connectivity index (χ0v) is 18.8. The molecular formula is C21H25N5O2S2. The maximum atomic E-state index is 12.4. The Hall–Kier alpha value is -2.23. The minimum Gasteiger partial charge on any atom is -0.453 e. The minimum absolute atomic E-state index is 0.202. The van der Waals surface area contributed by atoms with Crippen molar-refractivity contribution in [3.63, 3.8) is 0 Å². The lowest BCUT2D eigenvalue weighted by Gasteiger charge is -2.48. The number of nitrogens with zero attached hydrogens (tertiary/aromatic N) is 5. The Morgan fingerprint density at radius 1 is 1.23 bits per heavy atom. The lowest BCUT2D eigenvalue weighted by Crippen LogP contribution is -2.56. The Labute approximate surface area is 183 Å². The summed E-state index contributed by atoms with van der Waals surface area (Å²) in [7, 11) is 1.44. The van der Waals surface area contributed by atoms with E-state index >= 15 is 0 Å². The van der Waals surface area contributed by atoms with Gasteiger partial charge in [-0.25, -0.2) is 4.79 Å². The molecule has 158 valence electrons. The van der Waals surface area contributed by atoms with Gasteiger partial charge in [0.15, 0.2) is 11.6 Å². The van der Waals surface area contributed by atoms with Crippen LogP contribution in [0, 0.1) is 6.92 Å². The molecule has 1 fully saturated rings. The molecule has 7 nitrogen and oxygen atoms in total. The van der Waals surface area contributed by atoms with Gasteiger partial charge >= 0.3 is 6.09 Å². The molecule has 0 saturated carbocycles. The minimum atomic E-state index is -0.294. The van der Waals surface area contributed by atoms with Gasteiger partial charge in [-0.2, -0.15) is 0 Å². The number of aromatic nitrogens is 3. The van der Waals surface area contributed by atoms with Gasteiger partial charge in [0.05, 0.1) is 24.1 Å². The number of likely N-dealkylation sites (tertiary alicyclic amines) is 1. The number of hydrogen-bond acceptors (Lipinski definition) is 7. The Bertz CT molecular complexity index is 1030. The second-order valence-electron chi connectivity index (χ2n) is 8.09. The SMILES string of the molecule is COC(=O)N1Cc2nnc(-c3cccs3)n2C2(CCN(Cc3ccc(C)s3)CC2)C1. The van der Waals surface area contributed by atoms with Gasteiger partial charge in [0, 0.05) is 35.9 Å². The highest BCUT2D eigenvalue weighted by Gasteiger charge is 2.46. The quantitative estimate of drug-likeness (QED) is 0.613. The van der Waals surface area contributed by atoms with E-state index < -0.39 is 0 Å². The lowest BCUT2D eigenvalue weighted by molar-refractivity contribution is 0.0344. The van der Waals surface area contributed by atoms with Crippen molar-refractivity contribution in [2.24, 2.45) is 0 Å². The van der Waals surface area contributed by atoms with Crippen molar-refractivity contribution in [2.45, 2.75) is 38.4 Å². The summed E-state index contributed by atoms with van der Waals surface area (Å²) in [6.45, 7) is 6.17. The second-order valence-corrected chi connectivity index (χ2v) is 10.4. The number of carbonyl (C=O) groups is 1. The van der Waals surface area contributed by atoms with E-state index in [9.17, 15) is 4.79 Å². The Morgan fingerprint density at radius 2 is 2.07 bits per heavy atom. The Morgan fingerprint density at radius 3 is 2.73 bits per heavy atom. The number of piperidine rings is 1. The summed E-state index contributed by atoms with van der Waals surface area (Å²) in [5.41, 5.74) is -0.202. The molecule has 3 aromatic heterocycles. The molecule has 3 aromatic rings. The number of amides is 1. The molecule has 0 aromatic carbocycles. The van der Waals surface area contributed by atoms with Gasteiger partial charge in [-0.05, 0) is 43.3 Å². The van der Waals surface area contributed by atoms with Crippen molar-refractivity contribution >= 4 is 28.8 Å². The van der Waals surface area contributed by atoms with E-state index in [1.54, 1.807) is 16.2 Å². The highest BCUT2D eigenvalue weighted by Crippen LogP contribution is 2.40. The van der Waals surface area contributed by atoms with Gasteiger partial charge in [-0.15, -0.1) is 32.9 Å². The topological polar surface area (TPSA) is 63.5 Å². The van der Waals surface area contributed by atoms with Crippen LogP contribution < -0.4 is 0 Å². The van der Waals surface area contributed by atoms with Crippen molar-refractivity contribution in [1.29, 1.82) is 0 Å². The monoisotopic (exact) mass is 443 g/mol. The first-order valence-electron chi connectivity index (χ1n) is 10.2. The first-order valence-corrected chi connectivity index (χ1v) is 11.9. The molecule has 5 heterocycles. The highest BCUT2D eigenvalue weighted by molar-refractivity contribution is 7.13. The fraction of sp³-hybridized carbons (Fsp3) is 0.476. The molecule has 9 heteroatoms. The summed E-state index contributed by atoms with van der Waals surface area (Å²) in [4.78, 5) is 20.6. The highest BCUT2D eigenvalue weighted by atomic mass is 32.1. The molecule has 5 rings (SSSR count). The number of aryl methyl sites for hydroxylation is 1. The molecule has 0 bridgehead atoms. The smallest absolute Gasteiger partial charge is 0.409 e. The van der Waals surface area contributed by atoms with E-state index in [4.69, 9.17) is 4.74 Å². The molecule has 2 aliphatic rings. The summed E-state index contributed by atoms with van der Waals surface area (Å²) >= 11 is 3.55. The van der Waals surface area contributed by atoms with E-state index in [-0.39, 0.29) is 11.6 Å². The fourth-order valence-corrected chi connectivity index (χ4v) is 6.32. The van der Waals surface area contributed by atoms with Gasteiger partial charge in [0.25, 0.3) is 0 Å². The van der Waals surface area contributed by atoms with Crippen LogP contribution in [0.5, 0.6) is 0 Å². The van der Waals surface area contributed by atoms with Gasteiger partial charge in [-0.3, -0.25) is 9.80 Å². The summed E-state index contributed by atoms with van der Waals surface area (Å²) in [5, 5.41) is 11.1. The molecular weight excluding hydrogens is 418 g/mol. The number of hydrogen-bond donors (Lipinski definition) is 0. The van der Waals surface area contributed by atoms with Gasteiger partial charge < -0.3 is 9.30 Å². The van der Waals surface area contributed by atoms with Crippen LogP contribution in [0.4, 0.5) is 4.79 Å². The van der Waals surface area contributed by atoms with Gasteiger partial charge in [0.2, 0.25) is 0 Å². The first-order chi connectivity index (χ1) is 14.6. The predicted molar refractivity (Wildman–Crippen MR) is 118 cm³/mol. The molecule has 0 atom stereocenters. The zero-order chi connectivity index (χ0) is 20.7. The lowest BCUT2D eigenvalue weighted by atomic mass is 9.84. The summed E-state index contributed by atoms with van der Waals surface area (Å²) in [5.74, 6) is 1.77. The van der Waals surface area contributed by atoms with Crippen LogP contribution in [-0.4, -0.2) is 57.4 Å². The third-order valence-electron chi connectivity index (χ3n) is 6.16. The van der Waals surface area contributed by atoms with Crippen molar-refractivity contribution in [3.05, 3.63) is 45.2 Å². The van der Waals surface area contributed by atoms with Crippen LogP contribution >= 0.6 is 22.7 Å². The number of methoxy groups -OCH3 is 1. The number of carbonyl (C=O) groups excluding carboxylic acids is 1. The molecule has 0 aliphatic carbocycles. The molecule has 0 radical (unpaired) electrons. The molecule has 30 heavy (non-hydrogen) atoms. The average molecular weight is 444 g/mol. The molecule has 0 unspecified atom stereocenters. The Kier molecular flexibility index (Phi) is 5.12. The van der Waals surface area contributed by atoms with Crippen LogP contribution in [0.1, 0.15) is 28.4 Å². The summed E-state index contributed by atoms with van der Waals surface area (Å²) in [6, 6.07) is 8.56. The van der Waals surface area contributed by atoms with E-state index in [0.717, 1.165) is 49.0 Å². The number of fused-ring (bicyclic) bond motifs is 2. The largest absolute Gasteiger partial charge is 0.453 e. The van der Waals surface area contributed by atoms with Crippen molar-refractivity contribution < 1.29 is 9.53 Å². The van der Waals surface area contributed by atoms with Crippen LogP contribution in [0.25, 0.3) is 10.7 Å². The normalized spacial score (nSPS) is 18.5. The van der Waals surface area contributed by atoms with E-state index in [1.807, 2.05) is 17.4 Å². The van der Waals surface area contributed by atoms with Gasteiger partial charge in [-0.1, -0.05) is 6.07 Å². The maximum absolute atomic E-state index is 12.4. The zero-order valence-electron chi connectivity index (χ0n) is 17.2. The molecule has 0 N–H and O–H groups in total. The standard InChI is InChI=1S/C21H25N5O2S2/c1-15-5-6-16(30-15)12-24-9-7-21(8-10-24)14-25(20(27)28-2)13-18-22-23-19(26(18)21)17-4-3-11-29-17/h3-6,11H,7-10,12-14H2,1-2H3. The maximum Gasteiger partial charge on any atom is 0.409 e. The van der Waals surface area contributed by atoms with E-state index in [2.05, 4.69) is 50.2 Å². The second kappa shape index (κ2) is 7.79. The molecule has 1 saturated heterocycles. The summed E-state index contributed by atoms with van der Waals surface area (Å²) < 4.78 is 7.37. The van der Waals surface area contributed by atoms with Crippen LogP contribution in [-0.2, 0) is 23.4 Å². The third-order valence-corrected chi connectivity index (χ3v) is 8.01. The summed E-state index contributed by atoms with van der Waals surface area (Å²) in [6.07, 6.45) is 1.61. The van der Waals surface area contributed by atoms with Crippen LogP contribution in [0.2, 0.25) is 0 Å². The van der Waals surface area contributed by atoms with Crippen molar-refractivity contribution in [3.8, 4) is 10.7 Å². The number of rotatable bonds is 3. The predicted octanol–water partition coefficient (Wildman–Crippen LogP) is 3.95. The van der Waals surface area contributed by atoms with Crippen molar-refractivity contribution in [2.75, 3.05) is 26.7 Å². The number of ether oxygens (including phenoxy) is 1. The van der Waals surface area contributed by atoms with Gasteiger partial charge in [0.1, 0.15) is 0 Å². The average Bonchev–Trinajstić information content (AvgIpc) is 3.50. The first kappa shape index (κ1) is 19.7. The van der Waals surface area contributed by atoms with Crippen LogP contribution in [0.3, 0.4) is 0 Å². The van der Waals surface area contributed by atoms with E-state index in [1.165, 1.54) is 16.9 Å². The number of thiophene rings is 2. The Balaban J connectivity index is 1.45. The molecule has 1 amide bonds. The third kappa shape index (κ3) is 3.44. The van der Waals surface area contributed by atoms with Crippen LogP contribution in [0.15, 0.2) is 29.6 Å². The molecule has 1 spiro atoms. The molecule has 2 aliphatic heterocycles. The van der Waals surface area contributed by atoms with E-state index in [0.29, 0.717) is 13.1 Å². The fourth-order valence-electron chi connectivity index (χ4n) is 4.69. The van der Waals surface area contributed by atoms with Crippen molar-refractivity contribution in [1.82, 2.24) is 24.6 Å².